The molecule has 8 heteroatoms. The summed E-state index contributed by atoms with van der Waals surface area (Å²) in [5.41, 5.74) is 2.14. The number of carbonyl (C=O) groups excluding carboxylic acids is 1. The fourth-order valence-corrected chi connectivity index (χ4v) is 4.07. The Hall–Kier alpha value is -1.99. The molecule has 2 aromatic rings. The lowest BCUT2D eigenvalue weighted by Crippen LogP contribution is -2.36. The molecule has 4 rings (SSSR count). The molecule has 2 fully saturated rings. The van der Waals surface area contributed by atoms with Gasteiger partial charge < -0.3 is 10.6 Å². The van der Waals surface area contributed by atoms with Crippen molar-refractivity contribution in [3.05, 3.63) is 47.0 Å². The summed E-state index contributed by atoms with van der Waals surface area (Å²) in [4.78, 5) is 12.9. The van der Waals surface area contributed by atoms with Gasteiger partial charge in [0.05, 0.1) is 17.8 Å². The van der Waals surface area contributed by atoms with Crippen LogP contribution in [0.1, 0.15) is 65.9 Å². The zero-order valence-electron chi connectivity index (χ0n) is 16.0. The first-order valence-electron chi connectivity index (χ1n) is 9.82. The van der Waals surface area contributed by atoms with Crippen molar-refractivity contribution >= 4 is 18.3 Å². The first-order chi connectivity index (χ1) is 13.1. The highest BCUT2D eigenvalue weighted by molar-refractivity contribution is 5.93. The predicted octanol–water partition coefficient (Wildman–Crippen LogP) is 3.34. The molecule has 1 aliphatic heterocycles. The summed E-state index contributed by atoms with van der Waals surface area (Å²) >= 11 is 0. The molecule has 0 spiro atoms. The number of hydrogen-bond acceptors (Lipinski definition) is 4. The fourth-order valence-electron chi connectivity index (χ4n) is 4.07. The van der Waals surface area contributed by atoms with Crippen LogP contribution in [-0.4, -0.2) is 34.0 Å². The largest absolute Gasteiger partial charge is 0.343 e. The molecule has 1 unspecified atom stereocenters. The molecule has 0 radical (unpaired) electrons. The Balaban J connectivity index is 0.00000225. The van der Waals surface area contributed by atoms with Crippen LogP contribution in [0.2, 0.25) is 0 Å². The molecule has 2 N–H and O–H groups in total. The van der Waals surface area contributed by atoms with Crippen molar-refractivity contribution in [1.29, 1.82) is 0 Å². The van der Waals surface area contributed by atoms with Crippen LogP contribution in [0.5, 0.6) is 0 Å². The number of piperidine rings is 1. The predicted molar refractivity (Wildman–Crippen MR) is 107 cm³/mol. The molecule has 1 aliphatic carbocycles. The van der Waals surface area contributed by atoms with Gasteiger partial charge in [-0.05, 0) is 69.3 Å². The molecule has 1 saturated carbocycles. The zero-order chi connectivity index (χ0) is 18.8. The second kappa shape index (κ2) is 9.01. The molecule has 1 saturated heterocycles. The summed E-state index contributed by atoms with van der Waals surface area (Å²) in [5.74, 6) is -0.0775. The van der Waals surface area contributed by atoms with E-state index in [0.29, 0.717) is 17.7 Å². The minimum Gasteiger partial charge on any atom is -0.343 e. The Morgan fingerprint density at radius 1 is 1.21 bits per heavy atom. The van der Waals surface area contributed by atoms with Crippen molar-refractivity contribution < 1.29 is 9.18 Å². The van der Waals surface area contributed by atoms with Crippen LogP contribution in [0.25, 0.3) is 0 Å². The van der Waals surface area contributed by atoms with Gasteiger partial charge in [-0.2, -0.15) is 0 Å². The first kappa shape index (κ1) is 20.7. The second-order valence-corrected chi connectivity index (χ2v) is 7.64. The highest BCUT2D eigenvalue weighted by Gasteiger charge is 2.31. The van der Waals surface area contributed by atoms with E-state index in [1.165, 1.54) is 18.6 Å². The van der Waals surface area contributed by atoms with Crippen molar-refractivity contribution in [3.8, 4) is 0 Å². The number of rotatable bonds is 5. The number of nitrogens with zero attached hydrogens (tertiary/aromatic N) is 3. The van der Waals surface area contributed by atoms with Gasteiger partial charge in [0.1, 0.15) is 5.82 Å². The zero-order valence-corrected chi connectivity index (χ0v) is 16.8. The fraction of sp³-hybridized carbons (Fsp3) is 0.550. The van der Waals surface area contributed by atoms with Crippen LogP contribution in [0, 0.1) is 18.7 Å². The summed E-state index contributed by atoms with van der Waals surface area (Å²) in [7, 11) is 0. The number of hydrogen-bond donors (Lipinski definition) is 2. The number of benzene rings is 1. The lowest BCUT2D eigenvalue weighted by molar-refractivity contribution is 0.0894. The average Bonchev–Trinajstić information content (AvgIpc) is 3.02. The number of carbonyl (C=O) groups is 1. The van der Waals surface area contributed by atoms with Gasteiger partial charge >= 0.3 is 0 Å². The summed E-state index contributed by atoms with van der Waals surface area (Å²) in [6.07, 6.45) is 5.30. The molecule has 6 nitrogen and oxygen atoms in total. The maximum absolute atomic E-state index is 13.3. The summed E-state index contributed by atoms with van der Waals surface area (Å²) in [6, 6.07) is 6.60. The second-order valence-electron chi connectivity index (χ2n) is 7.64. The SMILES string of the molecule is Cc1c(C(=O)NC(c2ccc(F)cc2)C2CCC2)nnn1C1CCNCC1.Cl. The molecule has 2 heterocycles. The maximum Gasteiger partial charge on any atom is 0.274 e. The lowest BCUT2D eigenvalue weighted by Gasteiger charge is -2.34. The normalized spacial score (nSPS) is 18.8. The van der Waals surface area contributed by atoms with Crippen LogP contribution in [0.4, 0.5) is 4.39 Å². The molecule has 1 aromatic heterocycles. The van der Waals surface area contributed by atoms with Crippen LogP contribution >= 0.6 is 12.4 Å². The topological polar surface area (TPSA) is 71.8 Å². The number of nitrogens with one attached hydrogen (secondary N) is 2. The van der Waals surface area contributed by atoms with E-state index in [4.69, 9.17) is 0 Å². The Morgan fingerprint density at radius 3 is 2.50 bits per heavy atom. The van der Waals surface area contributed by atoms with Crippen molar-refractivity contribution in [3.63, 3.8) is 0 Å². The van der Waals surface area contributed by atoms with Crippen LogP contribution < -0.4 is 10.6 Å². The quantitative estimate of drug-likeness (QED) is 0.797. The highest BCUT2D eigenvalue weighted by atomic mass is 35.5. The lowest BCUT2D eigenvalue weighted by atomic mass is 9.77. The summed E-state index contributed by atoms with van der Waals surface area (Å²) in [5, 5.41) is 14.9. The minimum absolute atomic E-state index is 0. The standard InChI is InChI=1S/C20H26FN5O.ClH/c1-13-18(24-25-26(13)17-9-11-22-12-10-17)20(27)23-19(14-3-2-4-14)15-5-7-16(21)8-6-15;/h5-8,14,17,19,22H,2-4,9-12H2,1H3,(H,23,27);1H. The Morgan fingerprint density at radius 2 is 1.89 bits per heavy atom. The van der Waals surface area contributed by atoms with Crippen molar-refractivity contribution in [2.24, 2.45) is 5.92 Å². The van der Waals surface area contributed by atoms with Gasteiger partial charge in [-0.15, -0.1) is 17.5 Å². The number of aromatic nitrogens is 3. The smallest absolute Gasteiger partial charge is 0.274 e. The third kappa shape index (κ3) is 4.20. The van der Waals surface area contributed by atoms with E-state index >= 15 is 0 Å². The van der Waals surface area contributed by atoms with Crippen molar-refractivity contribution in [2.45, 2.75) is 51.1 Å². The number of amides is 1. The average molecular weight is 408 g/mol. The molecular formula is C20H27ClFN5O. The van der Waals surface area contributed by atoms with Gasteiger partial charge in [-0.3, -0.25) is 4.79 Å². The monoisotopic (exact) mass is 407 g/mol. The Kier molecular flexibility index (Phi) is 6.67. The molecule has 28 heavy (non-hydrogen) atoms. The van der Waals surface area contributed by atoms with E-state index in [-0.39, 0.29) is 30.2 Å². The van der Waals surface area contributed by atoms with E-state index in [2.05, 4.69) is 20.9 Å². The van der Waals surface area contributed by atoms with E-state index in [0.717, 1.165) is 50.0 Å². The Bertz CT molecular complexity index is 799. The minimum atomic E-state index is -0.266. The molecule has 1 atom stereocenters. The van der Waals surface area contributed by atoms with E-state index in [1.54, 1.807) is 12.1 Å². The van der Waals surface area contributed by atoms with Crippen LogP contribution in [-0.2, 0) is 0 Å². The van der Waals surface area contributed by atoms with Crippen LogP contribution in [0.3, 0.4) is 0 Å². The third-order valence-electron chi connectivity index (χ3n) is 5.93. The van der Waals surface area contributed by atoms with Crippen LogP contribution in [0.15, 0.2) is 24.3 Å². The van der Waals surface area contributed by atoms with Crippen molar-refractivity contribution in [1.82, 2.24) is 25.6 Å². The van der Waals surface area contributed by atoms with Crippen molar-refractivity contribution in [2.75, 3.05) is 13.1 Å². The van der Waals surface area contributed by atoms with Gasteiger partial charge in [0, 0.05) is 0 Å². The summed E-state index contributed by atoms with van der Waals surface area (Å²) < 4.78 is 15.2. The molecule has 1 amide bonds. The van der Waals surface area contributed by atoms with Gasteiger partial charge in [0.2, 0.25) is 0 Å². The number of halogens is 2. The van der Waals surface area contributed by atoms with E-state index in [1.807, 2.05) is 11.6 Å². The van der Waals surface area contributed by atoms with E-state index < -0.39 is 0 Å². The van der Waals surface area contributed by atoms with Gasteiger partial charge in [-0.1, -0.05) is 23.8 Å². The molecule has 0 bridgehead atoms. The maximum atomic E-state index is 13.3. The Labute approximate surface area is 170 Å². The first-order valence-corrected chi connectivity index (χ1v) is 9.82. The van der Waals surface area contributed by atoms with Gasteiger partial charge in [0.15, 0.2) is 5.69 Å². The van der Waals surface area contributed by atoms with Gasteiger partial charge in [-0.25, -0.2) is 9.07 Å². The third-order valence-corrected chi connectivity index (χ3v) is 5.93. The molecule has 1 aromatic carbocycles. The van der Waals surface area contributed by atoms with E-state index in [9.17, 15) is 9.18 Å². The molecular weight excluding hydrogens is 381 g/mol. The summed E-state index contributed by atoms with van der Waals surface area (Å²) in [6.45, 7) is 3.83. The highest BCUT2D eigenvalue weighted by Crippen LogP contribution is 2.38. The molecule has 2 aliphatic rings. The van der Waals surface area contributed by atoms with Gasteiger partial charge in [0.25, 0.3) is 5.91 Å². The molecule has 152 valence electrons.